The average Bonchev–Trinajstić information content (AvgIpc) is 2.31. The lowest BCUT2D eigenvalue weighted by molar-refractivity contribution is -0.119. The van der Waals surface area contributed by atoms with Crippen molar-refractivity contribution in [3.63, 3.8) is 0 Å². The van der Waals surface area contributed by atoms with E-state index in [4.69, 9.17) is 16.3 Å². The number of amides is 1. The van der Waals surface area contributed by atoms with Crippen molar-refractivity contribution >= 4 is 39.1 Å². The highest BCUT2D eigenvalue weighted by molar-refractivity contribution is 9.10. The van der Waals surface area contributed by atoms with Gasteiger partial charge in [-0.15, -0.1) is 0 Å². The summed E-state index contributed by atoms with van der Waals surface area (Å²) in [6, 6.07) is 5.40. The van der Waals surface area contributed by atoms with Crippen LogP contribution in [-0.2, 0) is 9.53 Å². The molecule has 0 unspecified atom stereocenters. The smallest absolute Gasteiger partial charge is 0.224 e. The molecule has 0 aliphatic heterocycles. The third-order valence-electron chi connectivity index (χ3n) is 3.27. The van der Waals surface area contributed by atoms with Crippen LogP contribution >= 0.6 is 27.5 Å². The number of halogens is 2. The van der Waals surface area contributed by atoms with Crippen molar-refractivity contribution in [3.05, 3.63) is 27.7 Å². The van der Waals surface area contributed by atoms with Crippen LogP contribution in [0.25, 0.3) is 0 Å². The fourth-order valence-corrected chi connectivity index (χ4v) is 2.69. The fourth-order valence-electron chi connectivity index (χ4n) is 2.26. The molecule has 1 amide bonds. The maximum Gasteiger partial charge on any atom is 0.224 e. The number of carbonyl (C=O) groups excluding carboxylic acids is 1. The second-order valence-electron chi connectivity index (χ2n) is 4.80. The molecule has 0 atom stereocenters. The van der Waals surface area contributed by atoms with E-state index in [0.29, 0.717) is 23.5 Å². The van der Waals surface area contributed by atoms with Gasteiger partial charge in [0.2, 0.25) is 5.91 Å². The minimum atomic E-state index is 0.0401. The lowest BCUT2D eigenvalue weighted by Gasteiger charge is -2.34. The van der Waals surface area contributed by atoms with Crippen LogP contribution in [0.2, 0.25) is 5.02 Å². The van der Waals surface area contributed by atoms with E-state index in [1.165, 1.54) is 0 Å². The van der Waals surface area contributed by atoms with Crippen molar-refractivity contribution in [2.45, 2.75) is 32.3 Å². The monoisotopic (exact) mass is 345 g/mol. The summed E-state index contributed by atoms with van der Waals surface area (Å²) in [4.78, 5) is 11.9. The highest BCUT2D eigenvalue weighted by atomic mass is 79.9. The average molecular weight is 347 g/mol. The van der Waals surface area contributed by atoms with Crippen LogP contribution in [0.15, 0.2) is 22.7 Å². The first kappa shape index (κ1) is 14.8. The van der Waals surface area contributed by atoms with E-state index in [1.807, 2.05) is 19.1 Å². The fraction of sp³-hybridized carbons (Fsp3) is 0.500. The van der Waals surface area contributed by atoms with E-state index >= 15 is 0 Å². The molecule has 1 fully saturated rings. The zero-order valence-corrected chi connectivity index (χ0v) is 13.1. The molecule has 1 aromatic rings. The molecule has 5 heteroatoms. The van der Waals surface area contributed by atoms with Crippen molar-refractivity contribution < 1.29 is 9.53 Å². The lowest BCUT2D eigenvalue weighted by atomic mass is 9.80. The minimum Gasteiger partial charge on any atom is -0.378 e. The van der Waals surface area contributed by atoms with Crippen molar-refractivity contribution in [2.75, 3.05) is 11.9 Å². The Kier molecular flexibility index (Phi) is 5.25. The Labute approximate surface area is 126 Å². The molecule has 1 saturated carbocycles. The number of nitrogens with one attached hydrogen (secondary N) is 1. The van der Waals surface area contributed by atoms with Crippen LogP contribution in [0.3, 0.4) is 0 Å². The first-order valence-corrected chi connectivity index (χ1v) is 7.62. The lowest BCUT2D eigenvalue weighted by Crippen LogP contribution is -2.33. The number of rotatable bonds is 5. The van der Waals surface area contributed by atoms with Crippen molar-refractivity contribution in [3.8, 4) is 0 Å². The maximum atomic E-state index is 11.9. The molecule has 1 aliphatic carbocycles. The molecular formula is C14H17BrClNO2. The molecule has 104 valence electrons. The number of carbonyl (C=O) groups is 1. The van der Waals surface area contributed by atoms with Gasteiger partial charge in [-0.05, 0) is 59.8 Å². The Morgan fingerprint density at radius 1 is 1.53 bits per heavy atom. The normalized spacial score (nSPS) is 21.8. The molecule has 1 aliphatic rings. The highest BCUT2D eigenvalue weighted by Gasteiger charge is 2.30. The van der Waals surface area contributed by atoms with Gasteiger partial charge in [-0.25, -0.2) is 0 Å². The zero-order valence-electron chi connectivity index (χ0n) is 10.8. The Morgan fingerprint density at radius 2 is 2.26 bits per heavy atom. The molecule has 0 radical (unpaired) electrons. The van der Waals surface area contributed by atoms with Crippen LogP contribution < -0.4 is 5.32 Å². The van der Waals surface area contributed by atoms with Gasteiger partial charge in [0.15, 0.2) is 0 Å². The standard InChI is InChI=1S/C14H17BrClNO2/c1-2-19-11-5-9(6-11)7-14(18)17-10-3-4-12(15)13(16)8-10/h3-4,8-9,11H,2,5-7H2,1H3,(H,17,18). The van der Waals surface area contributed by atoms with E-state index in [2.05, 4.69) is 21.2 Å². The van der Waals surface area contributed by atoms with E-state index in [0.717, 1.165) is 29.6 Å². The molecule has 0 saturated heterocycles. The quantitative estimate of drug-likeness (QED) is 0.865. The van der Waals surface area contributed by atoms with Crippen molar-refractivity contribution in [2.24, 2.45) is 5.92 Å². The molecule has 2 rings (SSSR count). The summed E-state index contributed by atoms with van der Waals surface area (Å²) in [6.07, 6.45) is 2.88. The van der Waals surface area contributed by atoms with Crippen LogP contribution in [0.4, 0.5) is 5.69 Å². The Hall–Kier alpha value is -0.580. The maximum absolute atomic E-state index is 11.9. The number of ether oxygens (including phenoxy) is 1. The zero-order chi connectivity index (χ0) is 13.8. The van der Waals surface area contributed by atoms with E-state index in [9.17, 15) is 4.79 Å². The number of hydrogen-bond donors (Lipinski definition) is 1. The molecular weight excluding hydrogens is 330 g/mol. The predicted molar refractivity (Wildman–Crippen MR) is 80.5 cm³/mol. The molecule has 19 heavy (non-hydrogen) atoms. The SMILES string of the molecule is CCOC1CC(CC(=O)Nc2ccc(Br)c(Cl)c2)C1. The van der Waals surface area contributed by atoms with Crippen LogP contribution in [0, 0.1) is 5.92 Å². The van der Waals surface area contributed by atoms with Gasteiger partial charge in [-0.2, -0.15) is 0 Å². The first-order valence-electron chi connectivity index (χ1n) is 6.45. The van der Waals surface area contributed by atoms with E-state index in [1.54, 1.807) is 6.07 Å². The van der Waals surface area contributed by atoms with Gasteiger partial charge in [-0.3, -0.25) is 4.79 Å². The van der Waals surface area contributed by atoms with Crippen molar-refractivity contribution in [1.82, 2.24) is 0 Å². The van der Waals surface area contributed by atoms with Crippen LogP contribution in [0.5, 0.6) is 0 Å². The number of anilines is 1. The molecule has 0 heterocycles. The van der Waals surface area contributed by atoms with Gasteiger partial charge in [0.05, 0.1) is 11.1 Å². The summed E-state index contributed by atoms with van der Waals surface area (Å²) < 4.78 is 6.31. The van der Waals surface area contributed by atoms with Gasteiger partial charge >= 0.3 is 0 Å². The van der Waals surface area contributed by atoms with Gasteiger partial charge in [0.1, 0.15) is 0 Å². The summed E-state index contributed by atoms with van der Waals surface area (Å²) in [5.74, 6) is 0.487. The molecule has 1 N–H and O–H groups in total. The summed E-state index contributed by atoms with van der Waals surface area (Å²) in [5, 5.41) is 3.47. The number of hydrogen-bond acceptors (Lipinski definition) is 2. The third kappa shape index (κ3) is 4.20. The van der Waals surface area contributed by atoms with Crippen molar-refractivity contribution in [1.29, 1.82) is 0 Å². The first-order chi connectivity index (χ1) is 9.08. The minimum absolute atomic E-state index is 0.0401. The topological polar surface area (TPSA) is 38.3 Å². The largest absolute Gasteiger partial charge is 0.378 e. The molecule has 3 nitrogen and oxygen atoms in total. The summed E-state index contributed by atoms with van der Waals surface area (Å²) >= 11 is 9.30. The van der Waals surface area contributed by atoms with Gasteiger partial charge in [0.25, 0.3) is 0 Å². The second-order valence-corrected chi connectivity index (χ2v) is 6.06. The Balaban J connectivity index is 1.77. The van der Waals surface area contributed by atoms with Gasteiger partial charge in [-0.1, -0.05) is 11.6 Å². The Bertz CT molecular complexity index is 461. The third-order valence-corrected chi connectivity index (χ3v) is 4.50. The molecule has 1 aromatic carbocycles. The van der Waals surface area contributed by atoms with Crippen LogP contribution in [-0.4, -0.2) is 18.6 Å². The summed E-state index contributed by atoms with van der Waals surface area (Å²) in [7, 11) is 0. The van der Waals surface area contributed by atoms with E-state index < -0.39 is 0 Å². The van der Waals surface area contributed by atoms with Gasteiger partial charge < -0.3 is 10.1 Å². The predicted octanol–water partition coefficient (Wildman–Crippen LogP) is 4.25. The molecule has 0 aromatic heterocycles. The summed E-state index contributed by atoms with van der Waals surface area (Å²) in [5.41, 5.74) is 0.735. The molecule has 0 bridgehead atoms. The highest BCUT2D eigenvalue weighted by Crippen LogP contribution is 2.33. The van der Waals surface area contributed by atoms with Gasteiger partial charge in [0, 0.05) is 23.2 Å². The molecule has 0 spiro atoms. The summed E-state index contributed by atoms with van der Waals surface area (Å²) in [6.45, 7) is 2.75. The van der Waals surface area contributed by atoms with E-state index in [-0.39, 0.29) is 5.91 Å². The second kappa shape index (κ2) is 6.73. The van der Waals surface area contributed by atoms with Crippen LogP contribution in [0.1, 0.15) is 26.2 Å². The number of benzene rings is 1. The Morgan fingerprint density at radius 3 is 2.89 bits per heavy atom.